The molecule has 21 heavy (non-hydrogen) atoms. The van der Waals surface area contributed by atoms with E-state index in [2.05, 4.69) is 20.9 Å². The molecule has 110 valence electrons. The lowest BCUT2D eigenvalue weighted by atomic mass is 10.1. The van der Waals surface area contributed by atoms with Gasteiger partial charge >= 0.3 is 0 Å². The average Bonchev–Trinajstić information content (AvgIpc) is 2.46. The first-order valence-electron chi connectivity index (χ1n) is 6.51. The third-order valence-electron chi connectivity index (χ3n) is 3.14. The van der Waals surface area contributed by atoms with E-state index in [9.17, 15) is 4.79 Å². The molecule has 1 aromatic carbocycles. The third-order valence-corrected chi connectivity index (χ3v) is 3.58. The molecule has 0 unspecified atom stereocenters. The first-order valence-corrected chi connectivity index (χ1v) is 7.30. The number of nitrogens with zero attached hydrogens (tertiary/aromatic N) is 2. The number of benzene rings is 1. The lowest BCUT2D eigenvalue weighted by molar-refractivity contribution is 0.0783. The summed E-state index contributed by atoms with van der Waals surface area (Å²) in [5.41, 5.74) is 2.67. The van der Waals surface area contributed by atoms with Crippen LogP contribution in [0, 0.1) is 6.92 Å². The zero-order valence-corrected chi connectivity index (χ0v) is 13.8. The van der Waals surface area contributed by atoms with E-state index in [1.165, 1.54) is 0 Å². The second-order valence-electron chi connectivity index (χ2n) is 4.87. The Morgan fingerprint density at radius 3 is 2.76 bits per heavy atom. The molecule has 0 fully saturated rings. The number of ether oxygens (including phenoxy) is 1. The minimum absolute atomic E-state index is 0.0765. The van der Waals surface area contributed by atoms with Crippen molar-refractivity contribution in [3.63, 3.8) is 0 Å². The Hall–Kier alpha value is -1.88. The summed E-state index contributed by atoms with van der Waals surface area (Å²) in [7, 11) is 3.40. The monoisotopic (exact) mass is 348 g/mol. The maximum absolute atomic E-state index is 12.4. The molecule has 5 heteroatoms. The quantitative estimate of drug-likeness (QED) is 0.849. The number of hydrogen-bond acceptors (Lipinski definition) is 3. The van der Waals surface area contributed by atoms with Crippen molar-refractivity contribution in [1.29, 1.82) is 0 Å². The average molecular weight is 349 g/mol. The molecule has 0 atom stereocenters. The van der Waals surface area contributed by atoms with Gasteiger partial charge in [-0.2, -0.15) is 0 Å². The molecule has 0 bridgehead atoms. The maximum Gasteiger partial charge on any atom is 0.255 e. The van der Waals surface area contributed by atoms with Gasteiger partial charge in [-0.05, 0) is 35.0 Å². The van der Waals surface area contributed by atoms with Crippen LogP contribution in [-0.4, -0.2) is 29.9 Å². The summed E-state index contributed by atoms with van der Waals surface area (Å²) in [6, 6.07) is 7.70. The highest BCUT2D eigenvalue weighted by atomic mass is 79.9. The summed E-state index contributed by atoms with van der Waals surface area (Å²) < 4.78 is 6.13. The van der Waals surface area contributed by atoms with Crippen LogP contribution in [-0.2, 0) is 6.54 Å². The molecule has 0 aliphatic rings. The molecule has 4 nitrogen and oxygen atoms in total. The topological polar surface area (TPSA) is 42.4 Å². The molecule has 0 N–H and O–H groups in total. The Balaban J connectivity index is 2.19. The zero-order chi connectivity index (χ0) is 15.4. The molecule has 0 spiro atoms. The van der Waals surface area contributed by atoms with Crippen LogP contribution >= 0.6 is 15.9 Å². The fourth-order valence-electron chi connectivity index (χ4n) is 2.11. The second kappa shape index (κ2) is 6.72. The molecule has 0 aliphatic heterocycles. The van der Waals surface area contributed by atoms with Crippen molar-refractivity contribution in [1.82, 2.24) is 9.88 Å². The largest absolute Gasteiger partial charge is 0.496 e. The first kappa shape index (κ1) is 15.5. The van der Waals surface area contributed by atoms with Crippen LogP contribution in [0.2, 0.25) is 0 Å². The van der Waals surface area contributed by atoms with Crippen molar-refractivity contribution < 1.29 is 9.53 Å². The standard InChI is InChI=1S/C16H17BrN2O2/c1-11-4-5-15(21-3)13(6-11)10-19(2)16(20)12-7-14(17)9-18-8-12/h4-9H,10H2,1-3H3. The Labute approximate surface area is 132 Å². The number of halogens is 1. The van der Waals surface area contributed by atoms with Crippen molar-refractivity contribution in [2.75, 3.05) is 14.2 Å². The molecule has 0 saturated carbocycles. The molecular formula is C16H17BrN2O2. The van der Waals surface area contributed by atoms with Gasteiger partial charge in [0.15, 0.2) is 0 Å². The number of aromatic nitrogens is 1. The highest BCUT2D eigenvalue weighted by Gasteiger charge is 2.15. The molecule has 2 rings (SSSR count). The Morgan fingerprint density at radius 2 is 2.10 bits per heavy atom. The van der Waals surface area contributed by atoms with Gasteiger partial charge in [0.25, 0.3) is 5.91 Å². The van der Waals surface area contributed by atoms with Crippen LogP contribution in [0.25, 0.3) is 0 Å². The van der Waals surface area contributed by atoms with E-state index in [4.69, 9.17) is 4.74 Å². The Kier molecular flexibility index (Phi) is 4.96. The van der Waals surface area contributed by atoms with Crippen molar-refractivity contribution in [3.8, 4) is 5.75 Å². The van der Waals surface area contributed by atoms with Crippen LogP contribution < -0.4 is 4.74 Å². The molecule has 0 saturated heterocycles. The number of rotatable bonds is 4. The van der Waals surface area contributed by atoms with E-state index in [1.54, 1.807) is 37.5 Å². The lowest BCUT2D eigenvalue weighted by Crippen LogP contribution is -2.26. The number of hydrogen-bond donors (Lipinski definition) is 0. The van der Waals surface area contributed by atoms with Gasteiger partial charge < -0.3 is 9.64 Å². The van der Waals surface area contributed by atoms with E-state index in [0.717, 1.165) is 21.3 Å². The van der Waals surface area contributed by atoms with Gasteiger partial charge in [0, 0.05) is 36.0 Å². The summed E-state index contributed by atoms with van der Waals surface area (Å²) in [6.45, 7) is 2.50. The van der Waals surface area contributed by atoms with E-state index in [0.29, 0.717) is 12.1 Å². The van der Waals surface area contributed by atoms with Crippen LogP contribution in [0.15, 0.2) is 41.1 Å². The predicted molar refractivity (Wildman–Crippen MR) is 85.5 cm³/mol. The van der Waals surface area contributed by atoms with Gasteiger partial charge in [0.1, 0.15) is 5.75 Å². The normalized spacial score (nSPS) is 10.3. The van der Waals surface area contributed by atoms with Gasteiger partial charge in [0.2, 0.25) is 0 Å². The Bertz CT molecular complexity index is 658. The highest BCUT2D eigenvalue weighted by molar-refractivity contribution is 9.10. The number of pyridine rings is 1. The fourth-order valence-corrected chi connectivity index (χ4v) is 2.47. The lowest BCUT2D eigenvalue weighted by Gasteiger charge is -2.19. The fraction of sp³-hybridized carbons (Fsp3) is 0.250. The van der Waals surface area contributed by atoms with Crippen LogP contribution in [0.4, 0.5) is 0 Å². The van der Waals surface area contributed by atoms with Gasteiger partial charge in [-0.25, -0.2) is 0 Å². The van der Waals surface area contributed by atoms with Crippen LogP contribution in [0.5, 0.6) is 5.75 Å². The molecule has 2 aromatic rings. The smallest absolute Gasteiger partial charge is 0.255 e. The van der Waals surface area contributed by atoms with Crippen LogP contribution in [0.1, 0.15) is 21.5 Å². The van der Waals surface area contributed by atoms with Gasteiger partial charge in [-0.3, -0.25) is 9.78 Å². The van der Waals surface area contributed by atoms with E-state index in [-0.39, 0.29) is 5.91 Å². The zero-order valence-electron chi connectivity index (χ0n) is 12.3. The Morgan fingerprint density at radius 1 is 1.33 bits per heavy atom. The summed E-state index contributed by atoms with van der Waals surface area (Å²) in [6.07, 6.45) is 3.22. The van der Waals surface area contributed by atoms with Crippen LogP contribution in [0.3, 0.4) is 0 Å². The first-order chi connectivity index (χ1) is 10.0. The molecule has 1 amide bonds. The SMILES string of the molecule is COc1ccc(C)cc1CN(C)C(=O)c1cncc(Br)c1. The van der Waals surface area contributed by atoms with E-state index < -0.39 is 0 Å². The van der Waals surface area contributed by atoms with Gasteiger partial charge in [-0.15, -0.1) is 0 Å². The molecule has 1 aromatic heterocycles. The van der Waals surface area contributed by atoms with Crippen molar-refractivity contribution in [2.24, 2.45) is 0 Å². The summed E-state index contributed by atoms with van der Waals surface area (Å²) >= 11 is 3.33. The number of amides is 1. The molecular weight excluding hydrogens is 332 g/mol. The molecule has 1 heterocycles. The summed E-state index contributed by atoms with van der Waals surface area (Å²) in [5, 5.41) is 0. The van der Waals surface area contributed by atoms with Crippen molar-refractivity contribution >= 4 is 21.8 Å². The van der Waals surface area contributed by atoms with Crippen molar-refractivity contribution in [3.05, 3.63) is 57.8 Å². The summed E-state index contributed by atoms with van der Waals surface area (Å²) in [4.78, 5) is 18.1. The second-order valence-corrected chi connectivity index (χ2v) is 5.78. The summed E-state index contributed by atoms with van der Waals surface area (Å²) in [5.74, 6) is 0.708. The maximum atomic E-state index is 12.4. The number of aryl methyl sites for hydroxylation is 1. The highest BCUT2D eigenvalue weighted by Crippen LogP contribution is 2.22. The third kappa shape index (κ3) is 3.82. The number of carbonyl (C=O) groups is 1. The molecule has 0 radical (unpaired) electrons. The van der Waals surface area contributed by atoms with E-state index in [1.807, 2.05) is 25.1 Å². The molecule has 0 aliphatic carbocycles. The van der Waals surface area contributed by atoms with Gasteiger partial charge in [0.05, 0.1) is 12.7 Å². The minimum atomic E-state index is -0.0765. The minimum Gasteiger partial charge on any atom is -0.496 e. The van der Waals surface area contributed by atoms with Gasteiger partial charge in [-0.1, -0.05) is 17.7 Å². The predicted octanol–water partition coefficient (Wildman–Crippen LogP) is 3.43. The number of methoxy groups -OCH3 is 1. The van der Waals surface area contributed by atoms with E-state index >= 15 is 0 Å². The van der Waals surface area contributed by atoms with Crippen molar-refractivity contribution in [2.45, 2.75) is 13.5 Å². The number of carbonyl (C=O) groups excluding carboxylic acids is 1.